The summed E-state index contributed by atoms with van der Waals surface area (Å²) >= 11 is 0. The molecule has 4 rings (SSSR count). The molecule has 1 aromatic heterocycles. The molecule has 4 aromatic rings. The summed E-state index contributed by atoms with van der Waals surface area (Å²) in [6.07, 6.45) is 1.50. The van der Waals surface area contributed by atoms with E-state index in [4.69, 9.17) is 14.2 Å². The number of rotatable bonds is 7. The molecule has 0 unspecified atom stereocenters. The van der Waals surface area contributed by atoms with Crippen LogP contribution in [0.1, 0.15) is 37.5 Å². The molecule has 0 aliphatic rings. The lowest BCUT2D eigenvalue weighted by molar-refractivity contribution is 0.0285. The minimum absolute atomic E-state index is 0.123. The van der Waals surface area contributed by atoms with Crippen LogP contribution < -0.4 is 15.0 Å². The highest BCUT2D eigenvalue weighted by Gasteiger charge is 2.20. The zero-order valence-electron chi connectivity index (χ0n) is 23.7. The fourth-order valence-electron chi connectivity index (χ4n) is 4.59. The number of carbonyl (C=O) groups excluding carboxylic acids is 1. The third-order valence-electron chi connectivity index (χ3n) is 6.55. The van der Waals surface area contributed by atoms with Crippen LogP contribution in [0.4, 0.5) is 4.79 Å². The molecule has 0 bridgehead atoms. The molecular formula is C32H36N2O5. The van der Waals surface area contributed by atoms with Gasteiger partial charge in [0.05, 0.1) is 20.8 Å². The normalized spacial score (nSPS) is 11.4. The largest absolute Gasteiger partial charge is 0.497 e. The Bertz CT molecular complexity index is 1570. The molecule has 7 heteroatoms. The third kappa shape index (κ3) is 6.25. The van der Waals surface area contributed by atoms with Gasteiger partial charge in [-0.3, -0.25) is 4.79 Å². The molecule has 1 heterocycles. The van der Waals surface area contributed by atoms with E-state index in [2.05, 4.69) is 19.1 Å². The number of aromatic nitrogens is 1. The first-order valence-corrected chi connectivity index (χ1v) is 12.9. The molecule has 1 amide bonds. The van der Waals surface area contributed by atoms with Crippen molar-refractivity contribution >= 4 is 16.9 Å². The summed E-state index contributed by atoms with van der Waals surface area (Å²) in [6, 6.07) is 19.5. The number of hydrogen-bond donors (Lipinski definition) is 0. The highest BCUT2D eigenvalue weighted by molar-refractivity contribution is 5.96. The van der Waals surface area contributed by atoms with E-state index in [9.17, 15) is 9.59 Å². The van der Waals surface area contributed by atoms with Crippen molar-refractivity contribution < 1.29 is 19.0 Å². The molecule has 0 N–H and O–H groups in total. The van der Waals surface area contributed by atoms with Crippen LogP contribution in [0, 0.1) is 6.92 Å². The SMILES string of the molecule is COc1ccc(Cn2cc(-c3ccccc3C)c3ccc(CN(C)C(=O)OC(C)(C)C)cc3c2=O)c(OC)c1. The smallest absolute Gasteiger partial charge is 0.410 e. The Morgan fingerprint density at radius 1 is 0.923 bits per heavy atom. The summed E-state index contributed by atoms with van der Waals surface area (Å²) < 4.78 is 18.1. The van der Waals surface area contributed by atoms with Gasteiger partial charge in [0.25, 0.3) is 5.56 Å². The first-order valence-electron chi connectivity index (χ1n) is 12.9. The van der Waals surface area contributed by atoms with Crippen molar-refractivity contribution in [3.8, 4) is 22.6 Å². The molecule has 0 atom stereocenters. The predicted octanol–water partition coefficient (Wildman–Crippen LogP) is 6.41. The second kappa shape index (κ2) is 11.2. The Morgan fingerprint density at radius 2 is 1.67 bits per heavy atom. The summed E-state index contributed by atoms with van der Waals surface area (Å²) in [7, 11) is 4.90. The number of nitrogens with zero attached hydrogens (tertiary/aromatic N) is 2. The van der Waals surface area contributed by atoms with Gasteiger partial charge >= 0.3 is 6.09 Å². The van der Waals surface area contributed by atoms with E-state index >= 15 is 0 Å². The summed E-state index contributed by atoms with van der Waals surface area (Å²) in [5.74, 6) is 1.33. The topological polar surface area (TPSA) is 70.0 Å². The van der Waals surface area contributed by atoms with Gasteiger partial charge in [0.1, 0.15) is 17.1 Å². The molecular weight excluding hydrogens is 492 g/mol. The summed E-state index contributed by atoms with van der Waals surface area (Å²) in [5.41, 5.74) is 4.10. The van der Waals surface area contributed by atoms with Crippen LogP contribution in [0.2, 0.25) is 0 Å². The first-order chi connectivity index (χ1) is 18.5. The third-order valence-corrected chi connectivity index (χ3v) is 6.55. The number of ether oxygens (including phenoxy) is 3. The van der Waals surface area contributed by atoms with E-state index in [0.29, 0.717) is 30.0 Å². The van der Waals surface area contributed by atoms with Crippen LogP contribution in [-0.2, 0) is 17.8 Å². The second-order valence-corrected chi connectivity index (χ2v) is 10.7. The molecule has 0 aliphatic carbocycles. The Labute approximate surface area is 229 Å². The molecule has 3 aromatic carbocycles. The van der Waals surface area contributed by atoms with Crippen molar-refractivity contribution in [2.24, 2.45) is 0 Å². The predicted molar refractivity (Wildman–Crippen MR) is 155 cm³/mol. The Kier molecular flexibility index (Phi) is 8.00. The summed E-state index contributed by atoms with van der Waals surface area (Å²) in [5, 5.41) is 1.44. The number of carbonyl (C=O) groups is 1. The van der Waals surface area contributed by atoms with Gasteiger partial charge in [0, 0.05) is 42.4 Å². The van der Waals surface area contributed by atoms with Crippen LogP contribution in [0.25, 0.3) is 21.9 Å². The molecule has 7 nitrogen and oxygen atoms in total. The van der Waals surface area contributed by atoms with Gasteiger partial charge < -0.3 is 23.7 Å². The molecule has 204 valence electrons. The average Bonchev–Trinajstić information content (AvgIpc) is 2.90. The fourth-order valence-corrected chi connectivity index (χ4v) is 4.59. The van der Waals surface area contributed by atoms with E-state index in [0.717, 1.165) is 33.2 Å². The minimum Gasteiger partial charge on any atom is -0.497 e. The lowest BCUT2D eigenvalue weighted by Crippen LogP contribution is -2.33. The average molecular weight is 529 g/mol. The van der Waals surface area contributed by atoms with Gasteiger partial charge in [-0.1, -0.05) is 36.4 Å². The monoisotopic (exact) mass is 528 g/mol. The molecule has 0 spiro atoms. The van der Waals surface area contributed by atoms with E-state index < -0.39 is 11.7 Å². The van der Waals surface area contributed by atoms with Crippen molar-refractivity contribution in [1.29, 1.82) is 0 Å². The number of fused-ring (bicyclic) bond motifs is 1. The zero-order chi connectivity index (χ0) is 28.3. The fraction of sp³-hybridized carbons (Fsp3) is 0.312. The highest BCUT2D eigenvalue weighted by atomic mass is 16.6. The molecule has 0 saturated heterocycles. The zero-order valence-corrected chi connectivity index (χ0v) is 23.7. The van der Waals surface area contributed by atoms with Gasteiger partial charge in [-0.05, 0) is 68.0 Å². The molecule has 0 saturated carbocycles. The summed E-state index contributed by atoms with van der Waals surface area (Å²) in [6.45, 7) is 8.20. The number of hydrogen-bond acceptors (Lipinski definition) is 5. The van der Waals surface area contributed by atoms with Gasteiger partial charge in [0.15, 0.2) is 0 Å². The number of methoxy groups -OCH3 is 2. The number of amides is 1. The number of pyridine rings is 1. The number of aryl methyl sites for hydroxylation is 1. The van der Waals surface area contributed by atoms with E-state index in [1.165, 1.54) is 4.90 Å². The molecule has 0 radical (unpaired) electrons. The lowest BCUT2D eigenvalue weighted by Gasteiger charge is -2.24. The minimum atomic E-state index is -0.590. The van der Waals surface area contributed by atoms with E-state index in [-0.39, 0.29) is 5.56 Å². The van der Waals surface area contributed by atoms with Crippen molar-refractivity contribution in [1.82, 2.24) is 9.47 Å². The molecule has 39 heavy (non-hydrogen) atoms. The van der Waals surface area contributed by atoms with Crippen LogP contribution in [0.3, 0.4) is 0 Å². The number of benzene rings is 3. The molecule has 0 fully saturated rings. The Hall–Kier alpha value is -4.26. The highest BCUT2D eigenvalue weighted by Crippen LogP contribution is 2.31. The van der Waals surface area contributed by atoms with Crippen LogP contribution in [-0.4, -0.2) is 42.4 Å². The summed E-state index contributed by atoms with van der Waals surface area (Å²) in [4.78, 5) is 27.9. The van der Waals surface area contributed by atoms with Gasteiger partial charge in [0.2, 0.25) is 0 Å². The van der Waals surface area contributed by atoms with Gasteiger partial charge in [-0.25, -0.2) is 4.79 Å². The molecule has 0 aliphatic heterocycles. The Balaban J connectivity index is 1.83. The van der Waals surface area contributed by atoms with E-state index in [1.807, 2.05) is 75.5 Å². The standard InChI is InChI=1S/C32H36N2O5/c1-21-10-8-9-11-25(21)28-20-34(19-23-13-14-24(37-6)17-29(23)38-7)30(35)27-16-22(12-15-26(27)28)18-33(5)31(36)39-32(2,3)4/h8-17,20H,18-19H2,1-7H3. The van der Waals surface area contributed by atoms with E-state index in [1.54, 1.807) is 25.8 Å². The van der Waals surface area contributed by atoms with Crippen LogP contribution >= 0.6 is 0 Å². The van der Waals surface area contributed by atoms with Gasteiger partial charge in [-0.2, -0.15) is 0 Å². The van der Waals surface area contributed by atoms with Crippen molar-refractivity contribution in [2.45, 2.75) is 46.4 Å². The lowest BCUT2D eigenvalue weighted by atomic mass is 9.96. The maximum atomic E-state index is 13.9. The second-order valence-electron chi connectivity index (χ2n) is 10.7. The first kappa shape index (κ1) is 27.8. The Morgan fingerprint density at radius 3 is 2.33 bits per heavy atom. The van der Waals surface area contributed by atoms with Crippen LogP contribution in [0.15, 0.2) is 71.7 Å². The van der Waals surface area contributed by atoms with Crippen molar-refractivity contribution in [2.75, 3.05) is 21.3 Å². The van der Waals surface area contributed by atoms with Crippen molar-refractivity contribution in [3.63, 3.8) is 0 Å². The van der Waals surface area contributed by atoms with Crippen LogP contribution in [0.5, 0.6) is 11.5 Å². The van der Waals surface area contributed by atoms with Crippen molar-refractivity contribution in [3.05, 3.63) is 93.9 Å². The maximum absolute atomic E-state index is 13.9. The quantitative estimate of drug-likeness (QED) is 0.277. The van der Waals surface area contributed by atoms with Gasteiger partial charge in [-0.15, -0.1) is 0 Å². The maximum Gasteiger partial charge on any atom is 0.410 e.